The van der Waals surface area contributed by atoms with Crippen molar-refractivity contribution in [2.24, 2.45) is 0 Å². The zero-order valence-corrected chi connectivity index (χ0v) is 21.0. The summed E-state index contributed by atoms with van der Waals surface area (Å²) in [6, 6.07) is 3.96. The van der Waals surface area contributed by atoms with Gasteiger partial charge in [-0.1, -0.05) is 31.5 Å². The minimum Gasteiger partial charge on any atom is -0.361 e. The molecule has 2 aromatic rings. The number of nitrogens with zero attached hydrogens (tertiary/aromatic N) is 4. The lowest BCUT2D eigenvalue weighted by Crippen LogP contribution is -2.53. The Morgan fingerprint density at radius 2 is 2.00 bits per heavy atom. The Hall–Kier alpha value is -2.72. The molecule has 3 heterocycles. The second-order valence-corrected chi connectivity index (χ2v) is 16.2. The van der Waals surface area contributed by atoms with Crippen LogP contribution in [0.5, 0.6) is 0 Å². The fourth-order valence-corrected chi connectivity index (χ4v) is 4.13. The molecule has 12 heteroatoms. The fourth-order valence-electron chi connectivity index (χ4n) is 3.10. The van der Waals surface area contributed by atoms with Crippen LogP contribution in [0.2, 0.25) is 25.7 Å². The predicted molar refractivity (Wildman–Crippen MR) is 126 cm³/mol. The zero-order chi connectivity index (χ0) is 24.2. The second kappa shape index (κ2) is 10.0. The van der Waals surface area contributed by atoms with E-state index >= 15 is 0 Å². The van der Waals surface area contributed by atoms with Crippen LogP contribution >= 0.6 is 0 Å². The first-order chi connectivity index (χ1) is 15.4. The van der Waals surface area contributed by atoms with Gasteiger partial charge in [0.1, 0.15) is 13.3 Å². The highest BCUT2D eigenvalue weighted by molar-refractivity contribution is 7.86. The van der Waals surface area contributed by atoms with Crippen LogP contribution in [-0.4, -0.2) is 75.7 Å². The number of aromatic nitrogens is 2. The minimum absolute atomic E-state index is 0.0745. The van der Waals surface area contributed by atoms with Gasteiger partial charge in [-0.05, 0) is 18.2 Å². The molecule has 1 saturated heterocycles. The second-order valence-electron chi connectivity index (χ2n) is 8.90. The fraction of sp³-hybridized carbons (Fsp3) is 0.476. The molecule has 0 radical (unpaired) electrons. The molecule has 0 unspecified atom stereocenters. The molecule has 2 aromatic heterocycles. The van der Waals surface area contributed by atoms with Crippen molar-refractivity contribution >= 4 is 41.3 Å². The smallest absolute Gasteiger partial charge is 0.333 e. The number of amides is 3. The van der Waals surface area contributed by atoms with Gasteiger partial charge in [-0.25, -0.2) is 14.2 Å². The lowest BCUT2D eigenvalue weighted by Gasteiger charge is -2.33. The molecular weight excluding hydrogens is 464 g/mol. The summed E-state index contributed by atoms with van der Waals surface area (Å²) in [5.74, 6) is 5.22. The largest absolute Gasteiger partial charge is 0.361 e. The molecule has 3 amide bonds. The maximum absolute atomic E-state index is 13.1. The lowest BCUT2D eigenvalue weighted by molar-refractivity contribution is -0.133. The molecule has 0 aliphatic carbocycles. The molecule has 178 valence electrons. The van der Waals surface area contributed by atoms with Crippen LogP contribution in [0.25, 0.3) is 5.52 Å². The molecular formula is C21H28N4O6SSi. The normalized spacial score (nSPS) is 15.2. The number of carbonyl (C=O) groups is 2. The quantitative estimate of drug-likeness (QED) is 0.240. The molecule has 0 bridgehead atoms. The van der Waals surface area contributed by atoms with Crippen LogP contribution in [0.15, 0.2) is 24.5 Å². The molecule has 0 N–H and O–H groups in total. The van der Waals surface area contributed by atoms with E-state index in [9.17, 15) is 18.0 Å². The van der Waals surface area contributed by atoms with Crippen LogP contribution in [0.1, 0.15) is 12.0 Å². The Labute approximate surface area is 194 Å². The van der Waals surface area contributed by atoms with E-state index < -0.39 is 24.2 Å². The molecule has 0 aromatic carbocycles. The lowest BCUT2D eigenvalue weighted by atomic mass is 10.2. The molecule has 0 spiro atoms. The summed E-state index contributed by atoms with van der Waals surface area (Å²) in [4.78, 5) is 28.1. The summed E-state index contributed by atoms with van der Waals surface area (Å²) in [6.45, 7) is 7.12. The topological polar surface area (TPSA) is 111 Å². The number of carbonyl (C=O) groups excluding carboxylic acids is 2. The summed E-state index contributed by atoms with van der Waals surface area (Å²) in [6.07, 6.45) is 4.40. The van der Waals surface area contributed by atoms with Crippen molar-refractivity contribution in [3.63, 3.8) is 0 Å². The highest BCUT2D eigenvalue weighted by Gasteiger charge is 2.34. The van der Waals surface area contributed by atoms with Crippen LogP contribution in [0.4, 0.5) is 10.5 Å². The van der Waals surface area contributed by atoms with Gasteiger partial charge in [-0.3, -0.25) is 13.9 Å². The first-order valence-electron chi connectivity index (χ1n) is 10.4. The van der Waals surface area contributed by atoms with Crippen LogP contribution in [0, 0.1) is 11.8 Å². The Morgan fingerprint density at radius 3 is 2.70 bits per heavy atom. The first kappa shape index (κ1) is 24.9. The van der Waals surface area contributed by atoms with Crippen molar-refractivity contribution in [2.45, 2.75) is 32.1 Å². The van der Waals surface area contributed by atoms with Crippen LogP contribution in [-0.2, 0) is 23.8 Å². The van der Waals surface area contributed by atoms with Gasteiger partial charge in [-0.15, -0.1) is 0 Å². The van der Waals surface area contributed by atoms with Crippen LogP contribution in [0.3, 0.4) is 0 Å². The summed E-state index contributed by atoms with van der Waals surface area (Å²) in [5, 5.41) is 4.29. The van der Waals surface area contributed by atoms with Gasteiger partial charge in [-0.2, -0.15) is 13.5 Å². The van der Waals surface area contributed by atoms with Crippen molar-refractivity contribution in [1.82, 2.24) is 14.5 Å². The number of imide groups is 1. The number of hydrogen-bond donors (Lipinski definition) is 0. The van der Waals surface area contributed by atoms with E-state index in [1.165, 1.54) is 4.90 Å². The predicted octanol–water partition coefficient (Wildman–Crippen LogP) is 2.13. The van der Waals surface area contributed by atoms with E-state index in [0.717, 1.165) is 17.2 Å². The molecule has 1 fully saturated rings. The third-order valence-corrected chi connectivity index (χ3v) is 7.15. The van der Waals surface area contributed by atoms with Crippen LogP contribution < -0.4 is 4.90 Å². The standard InChI is InChI=1S/C21H28N4O6SSi/c1-32(28,29)31-11-5-6-17-7-10-25-18(14-17)19(15-22-25)23-9-8-20(26)24(21(23)27)16-30-12-13-33(2,3)4/h7,10,14-15H,8-9,11-13,16H2,1-4H3. The van der Waals surface area contributed by atoms with Gasteiger partial charge in [0, 0.05) is 39.4 Å². The maximum atomic E-state index is 13.1. The first-order valence-corrected chi connectivity index (χ1v) is 16.0. The van der Waals surface area contributed by atoms with Gasteiger partial charge in [0.05, 0.1) is 23.7 Å². The van der Waals surface area contributed by atoms with Crippen molar-refractivity contribution in [3.8, 4) is 11.8 Å². The monoisotopic (exact) mass is 492 g/mol. The number of urea groups is 1. The van der Waals surface area contributed by atoms with Gasteiger partial charge in [0.2, 0.25) is 5.91 Å². The number of rotatable bonds is 8. The Kier molecular flexibility index (Phi) is 7.58. The molecule has 1 aliphatic heterocycles. The summed E-state index contributed by atoms with van der Waals surface area (Å²) in [7, 11) is -4.83. The van der Waals surface area contributed by atoms with E-state index in [4.69, 9.17) is 4.74 Å². The summed E-state index contributed by atoms with van der Waals surface area (Å²) in [5.41, 5.74) is 1.79. The summed E-state index contributed by atoms with van der Waals surface area (Å²) < 4.78 is 33.9. The van der Waals surface area contributed by atoms with Crippen molar-refractivity contribution < 1.29 is 26.9 Å². The van der Waals surface area contributed by atoms with E-state index in [1.807, 2.05) is 0 Å². The van der Waals surface area contributed by atoms with Crippen molar-refractivity contribution in [3.05, 3.63) is 30.1 Å². The van der Waals surface area contributed by atoms with Crippen molar-refractivity contribution in [2.75, 3.05) is 37.6 Å². The molecule has 1 aliphatic rings. The number of hydrogen-bond acceptors (Lipinski definition) is 7. The average Bonchev–Trinajstić information content (AvgIpc) is 3.12. The SMILES string of the molecule is C[Si](C)(C)CCOCN1C(=O)CCN(c2cnn3ccc(C#CCOS(C)(=O)=O)cc23)C1=O. The third kappa shape index (κ3) is 6.88. The summed E-state index contributed by atoms with van der Waals surface area (Å²) >= 11 is 0. The average molecular weight is 493 g/mol. The van der Waals surface area contributed by atoms with Gasteiger partial charge >= 0.3 is 6.03 Å². The molecule has 33 heavy (non-hydrogen) atoms. The Bertz CT molecular complexity index is 1210. The number of anilines is 1. The number of pyridine rings is 1. The molecule has 0 saturated carbocycles. The Balaban J connectivity index is 1.75. The van der Waals surface area contributed by atoms with E-state index in [-0.39, 0.29) is 32.2 Å². The van der Waals surface area contributed by atoms with Gasteiger partial charge in [0.25, 0.3) is 10.1 Å². The number of ether oxygens (including phenoxy) is 1. The highest BCUT2D eigenvalue weighted by Crippen LogP contribution is 2.26. The van der Waals surface area contributed by atoms with Gasteiger partial charge < -0.3 is 4.74 Å². The highest BCUT2D eigenvalue weighted by atomic mass is 32.2. The van der Waals surface area contributed by atoms with Gasteiger partial charge in [0.15, 0.2) is 0 Å². The third-order valence-electron chi connectivity index (χ3n) is 4.90. The maximum Gasteiger partial charge on any atom is 0.333 e. The van der Waals surface area contributed by atoms with E-state index in [0.29, 0.717) is 23.4 Å². The van der Waals surface area contributed by atoms with E-state index in [1.54, 1.807) is 29.0 Å². The Morgan fingerprint density at radius 1 is 1.24 bits per heavy atom. The van der Waals surface area contributed by atoms with E-state index in [2.05, 4.69) is 40.8 Å². The number of fused-ring (bicyclic) bond motifs is 1. The van der Waals surface area contributed by atoms with Crippen molar-refractivity contribution in [1.29, 1.82) is 0 Å². The molecule has 10 nitrogen and oxygen atoms in total. The zero-order valence-electron chi connectivity index (χ0n) is 19.2. The minimum atomic E-state index is -3.56. The molecule has 3 rings (SSSR count). The molecule has 0 atom stereocenters.